The maximum Gasteiger partial charge on any atom is 0.317 e. The molecule has 6 nitrogen and oxygen atoms in total. The lowest BCUT2D eigenvalue weighted by Crippen LogP contribution is -2.42. The SMILES string of the molecule is CCN1Cc2c(sc(CN3CCNC3=O)c2C)N(CCCOC)C1. The number of carbonyl (C=O) groups excluding carboxylic acids is 1. The largest absolute Gasteiger partial charge is 0.385 e. The van der Waals surface area contributed by atoms with Gasteiger partial charge >= 0.3 is 6.03 Å². The second kappa shape index (κ2) is 7.72. The van der Waals surface area contributed by atoms with E-state index in [0.717, 1.165) is 59.0 Å². The fraction of sp³-hybridized carbons (Fsp3) is 0.706. The van der Waals surface area contributed by atoms with Crippen LogP contribution in [0.1, 0.15) is 29.3 Å². The predicted molar refractivity (Wildman–Crippen MR) is 97.7 cm³/mol. The summed E-state index contributed by atoms with van der Waals surface area (Å²) >= 11 is 1.87. The number of amides is 2. The Labute approximate surface area is 148 Å². The van der Waals surface area contributed by atoms with Crippen LogP contribution in [0.3, 0.4) is 0 Å². The number of hydrogen-bond donors (Lipinski definition) is 1. The van der Waals surface area contributed by atoms with Crippen molar-refractivity contribution in [3.05, 3.63) is 16.0 Å². The number of rotatable bonds is 7. The molecule has 3 rings (SSSR count). The zero-order valence-corrected chi connectivity index (χ0v) is 15.7. The highest BCUT2D eigenvalue weighted by atomic mass is 32.1. The molecule has 0 bridgehead atoms. The Bertz CT molecular complexity index is 589. The van der Waals surface area contributed by atoms with Crippen molar-refractivity contribution in [2.24, 2.45) is 0 Å². The second-order valence-corrected chi connectivity index (χ2v) is 7.57. The third kappa shape index (κ3) is 3.53. The Morgan fingerprint density at radius 3 is 2.83 bits per heavy atom. The highest BCUT2D eigenvalue weighted by Crippen LogP contribution is 2.40. The van der Waals surface area contributed by atoms with E-state index in [1.807, 2.05) is 16.2 Å². The Morgan fingerprint density at radius 2 is 2.17 bits per heavy atom. The summed E-state index contributed by atoms with van der Waals surface area (Å²) in [7, 11) is 1.76. The number of carbonyl (C=O) groups is 1. The third-order valence-corrected chi connectivity index (χ3v) is 6.27. The van der Waals surface area contributed by atoms with Crippen LogP contribution in [0.5, 0.6) is 0 Å². The Balaban J connectivity index is 1.80. The first-order valence-corrected chi connectivity index (χ1v) is 9.55. The number of urea groups is 1. The van der Waals surface area contributed by atoms with E-state index in [1.165, 1.54) is 21.0 Å². The minimum absolute atomic E-state index is 0.0629. The average molecular weight is 353 g/mol. The lowest BCUT2D eigenvalue weighted by molar-refractivity contribution is 0.192. The molecular weight excluding hydrogens is 324 g/mol. The van der Waals surface area contributed by atoms with E-state index < -0.39 is 0 Å². The standard InChI is InChI=1S/C17H28N4O2S/c1-4-19-10-14-13(2)15(11-20-8-6-18-17(20)22)24-16(14)21(12-19)7-5-9-23-3/h4-12H2,1-3H3,(H,18,22). The van der Waals surface area contributed by atoms with Crippen molar-refractivity contribution in [1.29, 1.82) is 0 Å². The van der Waals surface area contributed by atoms with Crippen LogP contribution in [-0.4, -0.2) is 62.4 Å². The van der Waals surface area contributed by atoms with Crippen molar-refractivity contribution < 1.29 is 9.53 Å². The molecule has 1 saturated heterocycles. The van der Waals surface area contributed by atoms with Gasteiger partial charge in [0.15, 0.2) is 0 Å². The summed E-state index contributed by atoms with van der Waals surface area (Å²) in [6, 6.07) is 0.0629. The Hall–Kier alpha value is -1.31. The molecule has 1 aromatic rings. The van der Waals surface area contributed by atoms with Gasteiger partial charge in [-0.3, -0.25) is 4.90 Å². The summed E-state index contributed by atoms with van der Waals surface area (Å²) in [6.45, 7) is 11.6. The van der Waals surface area contributed by atoms with Gasteiger partial charge in [0.1, 0.15) is 0 Å². The fourth-order valence-corrected chi connectivity index (χ4v) is 4.72. The third-order valence-electron chi connectivity index (χ3n) is 4.89. The molecule has 0 radical (unpaired) electrons. The van der Waals surface area contributed by atoms with E-state index in [0.29, 0.717) is 0 Å². The molecule has 0 unspecified atom stereocenters. The first-order chi connectivity index (χ1) is 11.6. The molecule has 1 fully saturated rings. The van der Waals surface area contributed by atoms with Crippen molar-refractivity contribution in [2.75, 3.05) is 51.5 Å². The summed E-state index contributed by atoms with van der Waals surface area (Å²) < 4.78 is 5.22. The van der Waals surface area contributed by atoms with Crippen molar-refractivity contribution in [3.8, 4) is 0 Å². The molecule has 134 valence electrons. The van der Waals surface area contributed by atoms with Crippen molar-refractivity contribution in [3.63, 3.8) is 0 Å². The fourth-order valence-electron chi connectivity index (χ4n) is 3.37. The number of hydrogen-bond acceptors (Lipinski definition) is 5. The second-order valence-electron chi connectivity index (χ2n) is 6.48. The van der Waals surface area contributed by atoms with Crippen molar-refractivity contribution in [1.82, 2.24) is 15.1 Å². The minimum atomic E-state index is 0.0629. The van der Waals surface area contributed by atoms with Gasteiger partial charge in [0.25, 0.3) is 0 Å². The van der Waals surface area contributed by atoms with Crippen LogP contribution >= 0.6 is 11.3 Å². The number of ether oxygens (including phenoxy) is 1. The molecule has 1 aromatic heterocycles. The van der Waals surface area contributed by atoms with Crippen LogP contribution in [-0.2, 0) is 17.8 Å². The molecule has 2 amide bonds. The summed E-state index contributed by atoms with van der Waals surface area (Å²) in [5.74, 6) is 0. The van der Waals surface area contributed by atoms with Gasteiger partial charge in [-0.15, -0.1) is 11.3 Å². The van der Waals surface area contributed by atoms with Crippen molar-refractivity contribution >= 4 is 22.4 Å². The molecule has 3 heterocycles. The van der Waals surface area contributed by atoms with Gasteiger partial charge in [-0.1, -0.05) is 6.92 Å². The van der Waals surface area contributed by atoms with Gasteiger partial charge in [0, 0.05) is 50.3 Å². The molecule has 1 N–H and O–H groups in total. The van der Waals surface area contributed by atoms with Gasteiger partial charge in [-0.2, -0.15) is 0 Å². The van der Waals surface area contributed by atoms with Gasteiger partial charge in [0.05, 0.1) is 18.2 Å². The molecule has 24 heavy (non-hydrogen) atoms. The van der Waals surface area contributed by atoms with E-state index >= 15 is 0 Å². The van der Waals surface area contributed by atoms with Crippen LogP contribution in [0.15, 0.2) is 0 Å². The van der Waals surface area contributed by atoms with E-state index in [4.69, 9.17) is 4.74 Å². The molecule has 7 heteroatoms. The molecule has 0 saturated carbocycles. The summed E-state index contributed by atoms with van der Waals surface area (Å²) in [4.78, 5) is 20.0. The van der Waals surface area contributed by atoms with Gasteiger partial charge in [-0.05, 0) is 25.5 Å². The number of fused-ring (bicyclic) bond motifs is 1. The zero-order chi connectivity index (χ0) is 17.1. The van der Waals surface area contributed by atoms with E-state index in [9.17, 15) is 4.79 Å². The Kier molecular flexibility index (Phi) is 5.63. The monoisotopic (exact) mass is 352 g/mol. The van der Waals surface area contributed by atoms with Gasteiger partial charge in [-0.25, -0.2) is 4.79 Å². The van der Waals surface area contributed by atoms with Crippen molar-refractivity contribution in [2.45, 2.75) is 33.4 Å². The number of methoxy groups -OCH3 is 1. The van der Waals surface area contributed by atoms with Crippen LogP contribution in [0, 0.1) is 6.92 Å². The summed E-state index contributed by atoms with van der Waals surface area (Å²) in [5, 5.41) is 4.28. The highest BCUT2D eigenvalue weighted by Gasteiger charge is 2.28. The smallest absolute Gasteiger partial charge is 0.317 e. The molecule has 0 spiro atoms. The lowest BCUT2D eigenvalue weighted by Gasteiger charge is -2.36. The molecular formula is C17H28N4O2S. The first-order valence-electron chi connectivity index (χ1n) is 8.74. The predicted octanol–water partition coefficient (Wildman–Crippen LogP) is 2.22. The molecule has 0 aromatic carbocycles. The van der Waals surface area contributed by atoms with E-state index in [2.05, 4.69) is 29.0 Å². The molecule has 2 aliphatic heterocycles. The normalized spacial score (nSPS) is 18.2. The van der Waals surface area contributed by atoms with Gasteiger partial charge < -0.3 is 19.9 Å². The minimum Gasteiger partial charge on any atom is -0.385 e. The molecule has 0 aliphatic carbocycles. The zero-order valence-electron chi connectivity index (χ0n) is 14.9. The molecule has 0 atom stereocenters. The van der Waals surface area contributed by atoms with Crippen LogP contribution < -0.4 is 10.2 Å². The Morgan fingerprint density at radius 1 is 1.33 bits per heavy atom. The van der Waals surface area contributed by atoms with Crippen LogP contribution in [0.2, 0.25) is 0 Å². The number of thiophene rings is 1. The maximum atomic E-state index is 11.9. The van der Waals surface area contributed by atoms with E-state index in [-0.39, 0.29) is 6.03 Å². The lowest BCUT2D eigenvalue weighted by atomic mass is 10.1. The van der Waals surface area contributed by atoms with Crippen LogP contribution in [0.4, 0.5) is 9.80 Å². The van der Waals surface area contributed by atoms with Crippen LogP contribution in [0.25, 0.3) is 0 Å². The highest BCUT2D eigenvalue weighted by molar-refractivity contribution is 7.16. The summed E-state index contributed by atoms with van der Waals surface area (Å²) in [5.41, 5.74) is 2.81. The molecule has 2 aliphatic rings. The number of nitrogens with zero attached hydrogens (tertiary/aromatic N) is 3. The van der Waals surface area contributed by atoms with E-state index in [1.54, 1.807) is 7.11 Å². The maximum absolute atomic E-state index is 11.9. The first kappa shape index (κ1) is 17.5. The van der Waals surface area contributed by atoms with Gasteiger partial charge in [0.2, 0.25) is 0 Å². The summed E-state index contributed by atoms with van der Waals surface area (Å²) in [6.07, 6.45) is 1.04. The number of nitrogens with one attached hydrogen (secondary N) is 1. The average Bonchev–Trinajstić information content (AvgIpc) is 3.12. The number of anilines is 1. The topological polar surface area (TPSA) is 48.0 Å². The quantitative estimate of drug-likeness (QED) is 0.765.